The van der Waals surface area contributed by atoms with Gasteiger partial charge in [0.05, 0.1) is 17.6 Å². The maximum atomic E-state index is 10.9. The Hall–Kier alpha value is -1.46. The molecule has 0 aliphatic heterocycles. The fourth-order valence-corrected chi connectivity index (χ4v) is 2.13. The molecule has 1 aromatic carbocycles. The molecule has 0 radical (unpaired) electrons. The molecule has 5 nitrogen and oxygen atoms in total. The molecule has 1 atom stereocenters. The minimum Gasteiger partial charge on any atom is -0.394 e. The molecule has 16 heavy (non-hydrogen) atoms. The summed E-state index contributed by atoms with van der Waals surface area (Å²) in [5.74, 6) is 0. The largest absolute Gasteiger partial charge is 0.394 e. The topological polar surface area (TPSA) is 89.4 Å². The molecule has 0 amide bonds. The Labute approximate surface area is 94.0 Å². The normalized spacial score (nSPS) is 12.6. The molecule has 1 rings (SSSR count). The number of nitro benzene ring substituents is 1. The second-order valence-corrected chi connectivity index (χ2v) is 3.94. The summed E-state index contributed by atoms with van der Waals surface area (Å²) in [7, 11) is 0. The number of benzene rings is 1. The Bertz CT molecular complexity index is 430. The lowest BCUT2D eigenvalue weighted by Gasteiger charge is -2.16. The standard InChI is InChI=1S/C11H16N2O3/c1-6-4-7(2)11(13(15)16)8(3)10(6)9(12)5-14/h4,9,14H,5,12H2,1-3H3/t9-/m1/s1. The van der Waals surface area contributed by atoms with Crippen molar-refractivity contribution in [3.05, 3.63) is 38.4 Å². The van der Waals surface area contributed by atoms with Crippen LogP contribution in [0.25, 0.3) is 0 Å². The lowest BCUT2D eigenvalue weighted by Crippen LogP contribution is -2.18. The van der Waals surface area contributed by atoms with Crippen molar-refractivity contribution in [3.8, 4) is 0 Å². The highest BCUT2D eigenvalue weighted by Crippen LogP contribution is 2.31. The van der Waals surface area contributed by atoms with E-state index >= 15 is 0 Å². The van der Waals surface area contributed by atoms with Gasteiger partial charge in [0.1, 0.15) is 0 Å². The summed E-state index contributed by atoms with van der Waals surface area (Å²) >= 11 is 0. The fraction of sp³-hybridized carbons (Fsp3) is 0.455. The van der Waals surface area contributed by atoms with Crippen LogP contribution in [-0.2, 0) is 0 Å². The van der Waals surface area contributed by atoms with Gasteiger partial charge in [0.25, 0.3) is 5.69 Å². The van der Waals surface area contributed by atoms with E-state index in [9.17, 15) is 10.1 Å². The molecule has 1 aromatic rings. The van der Waals surface area contributed by atoms with Crippen molar-refractivity contribution >= 4 is 5.69 Å². The summed E-state index contributed by atoms with van der Waals surface area (Å²) in [5.41, 5.74) is 8.54. The first-order chi connectivity index (χ1) is 7.40. The van der Waals surface area contributed by atoms with Crippen LogP contribution in [0.4, 0.5) is 5.69 Å². The van der Waals surface area contributed by atoms with E-state index in [0.717, 1.165) is 5.56 Å². The van der Waals surface area contributed by atoms with Gasteiger partial charge in [0, 0.05) is 11.1 Å². The molecule has 0 heterocycles. The number of nitrogens with zero attached hydrogens (tertiary/aromatic N) is 1. The number of nitro groups is 1. The highest BCUT2D eigenvalue weighted by Gasteiger charge is 2.22. The summed E-state index contributed by atoms with van der Waals surface area (Å²) < 4.78 is 0. The van der Waals surface area contributed by atoms with Gasteiger partial charge < -0.3 is 10.8 Å². The Morgan fingerprint density at radius 2 is 2.00 bits per heavy atom. The van der Waals surface area contributed by atoms with Gasteiger partial charge in [-0.3, -0.25) is 10.1 Å². The van der Waals surface area contributed by atoms with Crippen LogP contribution in [0.1, 0.15) is 28.3 Å². The van der Waals surface area contributed by atoms with Gasteiger partial charge in [0.15, 0.2) is 0 Å². The van der Waals surface area contributed by atoms with E-state index in [1.54, 1.807) is 19.9 Å². The van der Waals surface area contributed by atoms with Gasteiger partial charge in [0.2, 0.25) is 0 Å². The van der Waals surface area contributed by atoms with Gasteiger partial charge in [-0.2, -0.15) is 0 Å². The Morgan fingerprint density at radius 1 is 1.44 bits per heavy atom. The third kappa shape index (κ3) is 2.05. The van der Waals surface area contributed by atoms with Gasteiger partial charge in [-0.05, 0) is 38.0 Å². The number of nitrogens with two attached hydrogens (primary N) is 1. The quantitative estimate of drug-likeness (QED) is 0.601. The number of rotatable bonds is 3. The van der Waals surface area contributed by atoms with E-state index in [1.165, 1.54) is 0 Å². The van der Waals surface area contributed by atoms with Crippen LogP contribution in [0.3, 0.4) is 0 Å². The maximum absolute atomic E-state index is 10.9. The van der Waals surface area contributed by atoms with E-state index < -0.39 is 11.0 Å². The molecule has 0 saturated heterocycles. The minimum atomic E-state index is -0.570. The predicted octanol–water partition coefficient (Wildman–Crippen LogP) is 1.51. The van der Waals surface area contributed by atoms with Gasteiger partial charge in [-0.1, -0.05) is 0 Å². The average Bonchev–Trinajstić information content (AvgIpc) is 2.15. The summed E-state index contributed by atoms with van der Waals surface area (Å²) in [5, 5.41) is 20.0. The van der Waals surface area contributed by atoms with Crippen molar-refractivity contribution in [3.63, 3.8) is 0 Å². The molecule has 0 unspecified atom stereocenters. The van der Waals surface area contributed by atoms with E-state index in [2.05, 4.69) is 0 Å². The molecular weight excluding hydrogens is 208 g/mol. The Kier molecular flexibility index (Phi) is 3.62. The summed E-state index contributed by atoms with van der Waals surface area (Å²) in [6.45, 7) is 4.99. The zero-order valence-electron chi connectivity index (χ0n) is 9.65. The molecule has 0 fully saturated rings. The van der Waals surface area contributed by atoms with E-state index in [0.29, 0.717) is 16.7 Å². The van der Waals surface area contributed by atoms with Crippen molar-refractivity contribution in [2.75, 3.05) is 6.61 Å². The molecule has 0 aliphatic carbocycles. The second kappa shape index (κ2) is 4.59. The number of aryl methyl sites for hydroxylation is 2. The van der Waals surface area contributed by atoms with Crippen molar-refractivity contribution in [1.29, 1.82) is 0 Å². The number of hydrogen-bond donors (Lipinski definition) is 2. The maximum Gasteiger partial charge on any atom is 0.275 e. The first kappa shape index (κ1) is 12.6. The predicted molar refractivity (Wildman–Crippen MR) is 61.3 cm³/mol. The SMILES string of the molecule is Cc1cc(C)c([N+](=O)[O-])c(C)c1[C@H](N)CO. The van der Waals surface area contributed by atoms with Gasteiger partial charge in [-0.25, -0.2) is 0 Å². The molecule has 0 bridgehead atoms. The van der Waals surface area contributed by atoms with Crippen LogP contribution in [-0.4, -0.2) is 16.6 Å². The third-order valence-electron chi connectivity index (χ3n) is 2.74. The highest BCUT2D eigenvalue weighted by atomic mass is 16.6. The monoisotopic (exact) mass is 224 g/mol. The second-order valence-electron chi connectivity index (χ2n) is 3.94. The number of hydrogen-bond acceptors (Lipinski definition) is 4. The molecular formula is C11H16N2O3. The Morgan fingerprint density at radius 3 is 2.44 bits per heavy atom. The lowest BCUT2D eigenvalue weighted by molar-refractivity contribution is -0.386. The highest BCUT2D eigenvalue weighted by molar-refractivity contribution is 5.54. The molecule has 0 aliphatic rings. The van der Waals surface area contributed by atoms with Crippen LogP contribution >= 0.6 is 0 Å². The van der Waals surface area contributed by atoms with Gasteiger partial charge in [-0.15, -0.1) is 0 Å². The summed E-state index contributed by atoms with van der Waals surface area (Å²) in [4.78, 5) is 10.5. The zero-order chi connectivity index (χ0) is 12.5. The zero-order valence-corrected chi connectivity index (χ0v) is 9.65. The van der Waals surface area contributed by atoms with Crippen LogP contribution in [0.2, 0.25) is 0 Å². The van der Waals surface area contributed by atoms with Crippen molar-refractivity contribution in [2.24, 2.45) is 5.73 Å². The van der Waals surface area contributed by atoms with Crippen LogP contribution < -0.4 is 5.73 Å². The molecule has 0 aromatic heterocycles. The van der Waals surface area contributed by atoms with Crippen molar-refractivity contribution in [1.82, 2.24) is 0 Å². The first-order valence-electron chi connectivity index (χ1n) is 5.01. The molecule has 5 heteroatoms. The Balaban J connectivity index is 3.51. The minimum absolute atomic E-state index is 0.0875. The smallest absolute Gasteiger partial charge is 0.275 e. The average molecular weight is 224 g/mol. The van der Waals surface area contributed by atoms with E-state index in [-0.39, 0.29) is 12.3 Å². The number of aliphatic hydroxyl groups is 1. The first-order valence-corrected chi connectivity index (χ1v) is 5.01. The van der Waals surface area contributed by atoms with Crippen molar-refractivity contribution in [2.45, 2.75) is 26.8 Å². The fourth-order valence-electron chi connectivity index (χ4n) is 2.13. The third-order valence-corrected chi connectivity index (χ3v) is 2.74. The van der Waals surface area contributed by atoms with E-state index in [1.807, 2.05) is 6.92 Å². The van der Waals surface area contributed by atoms with Crippen molar-refractivity contribution < 1.29 is 10.0 Å². The molecule has 88 valence electrons. The van der Waals surface area contributed by atoms with Crippen LogP contribution in [0.5, 0.6) is 0 Å². The summed E-state index contributed by atoms with van der Waals surface area (Å²) in [6.07, 6.45) is 0. The summed E-state index contributed by atoms with van der Waals surface area (Å²) in [6, 6.07) is 1.16. The lowest BCUT2D eigenvalue weighted by atomic mass is 9.93. The molecule has 0 saturated carbocycles. The molecule has 0 spiro atoms. The van der Waals surface area contributed by atoms with Crippen LogP contribution in [0, 0.1) is 30.9 Å². The van der Waals surface area contributed by atoms with Gasteiger partial charge >= 0.3 is 0 Å². The number of aliphatic hydroxyl groups excluding tert-OH is 1. The van der Waals surface area contributed by atoms with E-state index in [4.69, 9.17) is 10.8 Å². The molecule has 3 N–H and O–H groups in total. The van der Waals surface area contributed by atoms with Crippen LogP contribution in [0.15, 0.2) is 6.07 Å².